The quantitative estimate of drug-likeness (QED) is 0.774. The average Bonchev–Trinajstić information content (AvgIpc) is 2.35. The molecule has 0 aliphatic heterocycles. The molecule has 0 heterocycles. The van der Waals surface area contributed by atoms with Gasteiger partial charge in [-0.15, -0.1) is 0 Å². The predicted molar refractivity (Wildman–Crippen MR) is 77.6 cm³/mol. The van der Waals surface area contributed by atoms with Gasteiger partial charge < -0.3 is 5.73 Å². The minimum absolute atomic E-state index is 0.0359. The molecule has 0 saturated carbocycles. The summed E-state index contributed by atoms with van der Waals surface area (Å²) in [6.45, 7) is 1.47. The maximum Gasteiger partial charge on any atom is 0.241 e. The standard InChI is InChI=1S/C12H19FN2O3S2/c1-9(6-7-19(2)16)15-20(17,18)12-5-3-4-11(13)10(12)8-14/h3-5,9,15H,6-8,14H2,1-2H3. The van der Waals surface area contributed by atoms with Crippen LogP contribution in [0.15, 0.2) is 23.1 Å². The van der Waals surface area contributed by atoms with Gasteiger partial charge in [0, 0.05) is 41.0 Å². The van der Waals surface area contributed by atoms with E-state index in [0.29, 0.717) is 12.2 Å². The Morgan fingerprint density at radius 1 is 1.45 bits per heavy atom. The fraction of sp³-hybridized carbons (Fsp3) is 0.500. The first-order valence-corrected chi connectivity index (χ1v) is 9.28. The van der Waals surface area contributed by atoms with E-state index in [2.05, 4.69) is 4.72 Å². The smallest absolute Gasteiger partial charge is 0.241 e. The Labute approximate surface area is 121 Å². The number of rotatable bonds is 7. The Morgan fingerprint density at radius 3 is 2.65 bits per heavy atom. The van der Waals surface area contributed by atoms with Crippen molar-refractivity contribution in [3.63, 3.8) is 0 Å². The van der Waals surface area contributed by atoms with Crippen LogP contribution in [0.1, 0.15) is 18.9 Å². The molecule has 0 bridgehead atoms. The maximum atomic E-state index is 13.6. The lowest BCUT2D eigenvalue weighted by atomic mass is 10.2. The molecule has 0 fully saturated rings. The molecular formula is C12H19FN2O3S2. The van der Waals surface area contributed by atoms with E-state index in [-0.39, 0.29) is 17.0 Å². The molecule has 0 spiro atoms. The molecule has 0 aromatic heterocycles. The average molecular weight is 322 g/mol. The van der Waals surface area contributed by atoms with Crippen LogP contribution < -0.4 is 10.5 Å². The maximum absolute atomic E-state index is 13.6. The molecule has 114 valence electrons. The topological polar surface area (TPSA) is 89.3 Å². The molecule has 1 aromatic rings. The van der Waals surface area contributed by atoms with E-state index in [0.717, 1.165) is 0 Å². The molecule has 2 atom stereocenters. The summed E-state index contributed by atoms with van der Waals surface area (Å²) in [5, 5.41) is 0. The van der Waals surface area contributed by atoms with E-state index in [1.165, 1.54) is 18.2 Å². The lowest BCUT2D eigenvalue weighted by molar-refractivity contribution is 0.550. The molecule has 0 aliphatic carbocycles. The van der Waals surface area contributed by atoms with E-state index in [9.17, 15) is 17.0 Å². The van der Waals surface area contributed by atoms with E-state index < -0.39 is 32.7 Å². The van der Waals surface area contributed by atoms with Crippen LogP contribution in [0.5, 0.6) is 0 Å². The summed E-state index contributed by atoms with van der Waals surface area (Å²) in [6, 6.07) is 3.43. The minimum Gasteiger partial charge on any atom is -0.326 e. The van der Waals surface area contributed by atoms with Crippen molar-refractivity contribution >= 4 is 20.8 Å². The Hall–Kier alpha value is -0.830. The van der Waals surface area contributed by atoms with E-state index in [1.807, 2.05) is 0 Å². The number of halogens is 1. The molecule has 8 heteroatoms. The molecule has 0 radical (unpaired) electrons. The van der Waals surface area contributed by atoms with Crippen LogP contribution >= 0.6 is 0 Å². The van der Waals surface area contributed by atoms with Crippen molar-refractivity contribution in [2.24, 2.45) is 5.73 Å². The van der Waals surface area contributed by atoms with Gasteiger partial charge in [0.05, 0.1) is 4.90 Å². The van der Waals surface area contributed by atoms with Crippen molar-refractivity contribution in [3.05, 3.63) is 29.6 Å². The number of sulfonamides is 1. The molecule has 1 aromatic carbocycles. The van der Waals surface area contributed by atoms with Crippen LogP contribution in [0.25, 0.3) is 0 Å². The van der Waals surface area contributed by atoms with Crippen LogP contribution in [0.4, 0.5) is 4.39 Å². The van der Waals surface area contributed by atoms with Crippen LogP contribution in [-0.4, -0.2) is 30.7 Å². The van der Waals surface area contributed by atoms with Gasteiger partial charge in [-0.1, -0.05) is 6.07 Å². The molecule has 0 saturated heterocycles. The zero-order valence-corrected chi connectivity index (χ0v) is 13.1. The number of benzene rings is 1. The monoisotopic (exact) mass is 322 g/mol. The molecule has 1 rings (SSSR count). The Balaban J connectivity index is 2.94. The first-order valence-electron chi connectivity index (χ1n) is 6.07. The lowest BCUT2D eigenvalue weighted by Crippen LogP contribution is -2.34. The highest BCUT2D eigenvalue weighted by Crippen LogP contribution is 2.18. The second-order valence-corrected chi connectivity index (χ2v) is 7.75. The van der Waals surface area contributed by atoms with Gasteiger partial charge >= 0.3 is 0 Å². The van der Waals surface area contributed by atoms with Gasteiger partial charge in [-0.05, 0) is 25.5 Å². The van der Waals surface area contributed by atoms with Gasteiger partial charge in [-0.2, -0.15) is 0 Å². The first-order chi connectivity index (χ1) is 9.27. The number of hydrogen-bond donors (Lipinski definition) is 2. The van der Waals surface area contributed by atoms with Gasteiger partial charge in [0.15, 0.2) is 0 Å². The van der Waals surface area contributed by atoms with Gasteiger partial charge in [-0.3, -0.25) is 4.21 Å². The molecule has 20 heavy (non-hydrogen) atoms. The molecule has 2 unspecified atom stereocenters. The number of hydrogen-bond acceptors (Lipinski definition) is 4. The number of nitrogens with two attached hydrogens (primary N) is 1. The summed E-state index contributed by atoms with van der Waals surface area (Å²) in [7, 11) is -4.83. The third-order valence-electron chi connectivity index (χ3n) is 2.76. The molecule has 0 amide bonds. The largest absolute Gasteiger partial charge is 0.326 e. The highest BCUT2D eigenvalue weighted by molar-refractivity contribution is 7.89. The molecule has 0 aliphatic rings. The van der Waals surface area contributed by atoms with Gasteiger partial charge in [0.25, 0.3) is 0 Å². The fourth-order valence-electron chi connectivity index (χ4n) is 1.72. The number of nitrogens with one attached hydrogen (secondary N) is 1. The summed E-state index contributed by atoms with van der Waals surface area (Å²) in [5.74, 6) is -0.242. The Morgan fingerprint density at radius 2 is 2.10 bits per heavy atom. The fourth-order valence-corrected chi connectivity index (χ4v) is 3.94. The lowest BCUT2D eigenvalue weighted by Gasteiger charge is -2.15. The van der Waals surface area contributed by atoms with Crippen molar-refractivity contribution in [1.82, 2.24) is 4.72 Å². The zero-order valence-electron chi connectivity index (χ0n) is 11.4. The summed E-state index contributed by atoms with van der Waals surface area (Å²) >= 11 is 0. The van der Waals surface area contributed by atoms with E-state index in [4.69, 9.17) is 5.73 Å². The highest BCUT2D eigenvalue weighted by Gasteiger charge is 2.22. The van der Waals surface area contributed by atoms with Gasteiger partial charge in [-0.25, -0.2) is 17.5 Å². The highest BCUT2D eigenvalue weighted by atomic mass is 32.2. The van der Waals surface area contributed by atoms with E-state index in [1.54, 1.807) is 13.2 Å². The molecular weight excluding hydrogens is 303 g/mol. The summed E-state index contributed by atoms with van der Waals surface area (Å²) in [5.41, 5.74) is 5.37. The van der Waals surface area contributed by atoms with Crippen molar-refractivity contribution < 1.29 is 17.0 Å². The Kier molecular flexibility index (Phi) is 6.25. The van der Waals surface area contributed by atoms with Gasteiger partial charge in [0.2, 0.25) is 10.0 Å². The first kappa shape index (κ1) is 17.2. The predicted octanol–water partition coefficient (Wildman–Crippen LogP) is 0.720. The normalized spacial score (nSPS) is 15.0. The van der Waals surface area contributed by atoms with Crippen molar-refractivity contribution in [3.8, 4) is 0 Å². The summed E-state index contributed by atoms with van der Waals surface area (Å²) < 4.78 is 51.4. The third kappa shape index (κ3) is 4.62. The third-order valence-corrected chi connectivity index (χ3v) is 5.25. The van der Waals surface area contributed by atoms with Crippen molar-refractivity contribution in [2.75, 3.05) is 12.0 Å². The minimum atomic E-state index is -3.84. The van der Waals surface area contributed by atoms with Crippen molar-refractivity contribution in [2.45, 2.75) is 30.8 Å². The second kappa shape index (κ2) is 7.26. The Bertz CT molecular complexity index is 590. The zero-order chi connectivity index (χ0) is 15.3. The molecule has 5 nitrogen and oxygen atoms in total. The SMILES string of the molecule is CC(CCS(C)=O)NS(=O)(=O)c1cccc(F)c1CN. The summed E-state index contributed by atoms with van der Waals surface area (Å²) in [4.78, 5) is -0.149. The van der Waals surface area contributed by atoms with Gasteiger partial charge in [0.1, 0.15) is 5.82 Å². The second-order valence-electron chi connectivity index (χ2n) is 4.51. The molecule has 3 N–H and O–H groups in total. The van der Waals surface area contributed by atoms with Crippen LogP contribution in [-0.2, 0) is 27.4 Å². The van der Waals surface area contributed by atoms with Crippen LogP contribution in [0, 0.1) is 5.82 Å². The summed E-state index contributed by atoms with van der Waals surface area (Å²) in [6.07, 6.45) is 2.00. The van der Waals surface area contributed by atoms with Crippen LogP contribution in [0.3, 0.4) is 0 Å². The van der Waals surface area contributed by atoms with E-state index >= 15 is 0 Å². The van der Waals surface area contributed by atoms with Crippen molar-refractivity contribution in [1.29, 1.82) is 0 Å². The van der Waals surface area contributed by atoms with Crippen LogP contribution in [0.2, 0.25) is 0 Å².